The van der Waals surface area contributed by atoms with Crippen LogP contribution in [0.25, 0.3) is 0 Å². The standard InChI is InChI=1S/C17H25N3/c1-12(2)17(8-9-17)11-19-16(18)20-15-7-6-13-4-3-5-14(13)10-15/h6-7,10,12H,3-5,8-9,11H2,1-2H3,(H3,18,19,20). The van der Waals surface area contributed by atoms with E-state index in [1.807, 2.05) is 0 Å². The fourth-order valence-electron chi connectivity index (χ4n) is 3.16. The number of aryl methyl sites for hydroxylation is 2. The first-order chi connectivity index (χ1) is 9.59. The van der Waals surface area contributed by atoms with Crippen LogP contribution in [0.4, 0.5) is 5.69 Å². The Balaban J connectivity index is 1.62. The number of benzene rings is 1. The molecule has 0 saturated heterocycles. The van der Waals surface area contributed by atoms with Gasteiger partial charge >= 0.3 is 0 Å². The van der Waals surface area contributed by atoms with Crippen LogP contribution in [-0.4, -0.2) is 12.5 Å². The second-order valence-corrected chi connectivity index (χ2v) is 6.68. The molecule has 1 fully saturated rings. The third kappa shape index (κ3) is 2.67. The first-order valence-electron chi connectivity index (χ1n) is 7.78. The van der Waals surface area contributed by atoms with E-state index >= 15 is 0 Å². The van der Waals surface area contributed by atoms with E-state index in [0.717, 1.165) is 12.2 Å². The minimum Gasteiger partial charge on any atom is -0.370 e. The topological polar surface area (TPSA) is 50.4 Å². The van der Waals surface area contributed by atoms with E-state index in [1.54, 1.807) is 0 Å². The summed E-state index contributed by atoms with van der Waals surface area (Å²) < 4.78 is 0. The number of anilines is 1. The highest BCUT2D eigenvalue weighted by molar-refractivity contribution is 5.92. The van der Waals surface area contributed by atoms with Crippen molar-refractivity contribution in [3.63, 3.8) is 0 Å². The second-order valence-electron chi connectivity index (χ2n) is 6.68. The molecule has 0 aliphatic heterocycles. The van der Waals surface area contributed by atoms with Crippen molar-refractivity contribution in [1.29, 1.82) is 0 Å². The zero-order valence-corrected chi connectivity index (χ0v) is 12.6. The molecule has 0 heterocycles. The summed E-state index contributed by atoms with van der Waals surface area (Å²) in [5.74, 6) is 1.24. The molecule has 3 rings (SSSR count). The maximum Gasteiger partial charge on any atom is 0.193 e. The molecule has 0 amide bonds. The molecule has 0 spiro atoms. The molecule has 0 radical (unpaired) electrons. The summed E-state index contributed by atoms with van der Waals surface area (Å²) in [6.45, 7) is 5.42. The van der Waals surface area contributed by atoms with E-state index in [2.05, 4.69) is 42.4 Å². The number of hydrogen-bond donors (Lipinski definition) is 2. The van der Waals surface area contributed by atoms with Crippen molar-refractivity contribution in [3.8, 4) is 0 Å². The van der Waals surface area contributed by atoms with Crippen LogP contribution < -0.4 is 11.1 Å². The molecule has 3 heteroatoms. The van der Waals surface area contributed by atoms with Crippen LogP contribution in [0.2, 0.25) is 0 Å². The molecule has 108 valence electrons. The summed E-state index contributed by atoms with van der Waals surface area (Å²) in [4.78, 5) is 4.55. The lowest BCUT2D eigenvalue weighted by Crippen LogP contribution is -2.25. The number of nitrogens with one attached hydrogen (secondary N) is 1. The SMILES string of the molecule is CC(C)C1(CN=C(N)Nc2ccc3c(c2)CCC3)CC1. The number of nitrogens with zero attached hydrogens (tertiary/aromatic N) is 1. The lowest BCUT2D eigenvalue weighted by atomic mass is 9.93. The highest BCUT2D eigenvalue weighted by Crippen LogP contribution is 2.51. The van der Waals surface area contributed by atoms with Gasteiger partial charge < -0.3 is 11.1 Å². The average molecular weight is 271 g/mol. The van der Waals surface area contributed by atoms with Crippen molar-refractivity contribution in [2.45, 2.75) is 46.0 Å². The van der Waals surface area contributed by atoms with Crippen LogP contribution >= 0.6 is 0 Å². The Bertz CT molecular complexity index is 527. The first kappa shape index (κ1) is 13.5. The van der Waals surface area contributed by atoms with Crippen molar-refractivity contribution in [2.75, 3.05) is 11.9 Å². The van der Waals surface area contributed by atoms with Gasteiger partial charge in [-0.2, -0.15) is 0 Å². The van der Waals surface area contributed by atoms with Crippen molar-refractivity contribution in [1.82, 2.24) is 0 Å². The fourth-order valence-corrected chi connectivity index (χ4v) is 3.16. The smallest absolute Gasteiger partial charge is 0.193 e. The maximum absolute atomic E-state index is 6.02. The highest BCUT2D eigenvalue weighted by atomic mass is 15.1. The Morgan fingerprint density at radius 3 is 2.75 bits per heavy atom. The minimum atomic E-state index is 0.421. The zero-order valence-electron chi connectivity index (χ0n) is 12.6. The summed E-state index contributed by atoms with van der Waals surface area (Å²) in [5, 5.41) is 3.24. The van der Waals surface area contributed by atoms with Crippen molar-refractivity contribution in [2.24, 2.45) is 22.1 Å². The predicted molar refractivity (Wildman–Crippen MR) is 85.1 cm³/mol. The van der Waals surface area contributed by atoms with Crippen molar-refractivity contribution in [3.05, 3.63) is 29.3 Å². The number of fused-ring (bicyclic) bond motifs is 1. The van der Waals surface area contributed by atoms with Gasteiger partial charge in [0.1, 0.15) is 0 Å². The van der Waals surface area contributed by atoms with Crippen LogP contribution in [0.3, 0.4) is 0 Å². The molecule has 1 aromatic rings. The lowest BCUT2D eigenvalue weighted by Gasteiger charge is -2.17. The number of hydrogen-bond acceptors (Lipinski definition) is 1. The Kier molecular flexibility index (Phi) is 3.45. The molecule has 3 N–H and O–H groups in total. The van der Waals surface area contributed by atoms with E-state index in [-0.39, 0.29) is 0 Å². The zero-order chi connectivity index (χ0) is 14.2. The van der Waals surface area contributed by atoms with Gasteiger partial charge in [-0.15, -0.1) is 0 Å². The molecule has 0 atom stereocenters. The van der Waals surface area contributed by atoms with Gasteiger partial charge in [0.15, 0.2) is 5.96 Å². The normalized spacial score (nSPS) is 20.1. The van der Waals surface area contributed by atoms with Gasteiger partial charge in [0.2, 0.25) is 0 Å². The van der Waals surface area contributed by atoms with E-state index in [4.69, 9.17) is 5.73 Å². The van der Waals surface area contributed by atoms with Gasteiger partial charge in [-0.05, 0) is 66.7 Å². The van der Waals surface area contributed by atoms with E-state index in [1.165, 1.54) is 43.2 Å². The monoisotopic (exact) mass is 271 g/mol. The van der Waals surface area contributed by atoms with Crippen LogP contribution in [0.1, 0.15) is 44.2 Å². The molecule has 1 aromatic carbocycles. The molecule has 20 heavy (non-hydrogen) atoms. The van der Waals surface area contributed by atoms with Gasteiger partial charge in [0.25, 0.3) is 0 Å². The highest BCUT2D eigenvalue weighted by Gasteiger charge is 2.45. The fraction of sp³-hybridized carbons (Fsp3) is 0.588. The number of aliphatic imine (C=N–C) groups is 1. The third-order valence-electron chi connectivity index (χ3n) is 5.05. The summed E-state index contributed by atoms with van der Waals surface area (Å²) in [7, 11) is 0. The number of nitrogens with two attached hydrogens (primary N) is 1. The second kappa shape index (κ2) is 5.12. The number of rotatable bonds is 4. The van der Waals surface area contributed by atoms with E-state index < -0.39 is 0 Å². The molecular formula is C17H25N3. The van der Waals surface area contributed by atoms with Crippen LogP contribution in [-0.2, 0) is 12.8 Å². The summed E-state index contributed by atoms with van der Waals surface area (Å²) in [6.07, 6.45) is 6.27. The predicted octanol–water partition coefficient (Wildman–Crippen LogP) is 3.34. The first-order valence-corrected chi connectivity index (χ1v) is 7.78. The van der Waals surface area contributed by atoms with Gasteiger partial charge in [0.05, 0.1) is 0 Å². The van der Waals surface area contributed by atoms with Crippen LogP contribution in [0.15, 0.2) is 23.2 Å². The van der Waals surface area contributed by atoms with E-state index in [9.17, 15) is 0 Å². The molecule has 2 aliphatic rings. The maximum atomic E-state index is 6.02. The Hall–Kier alpha value is -1.51. The molecule has 0 aromatic heterocycles. The molecular weight excluding hydrogens is 246 g/mol. The minimum absolute atomic E-state index is 0.421. The molecule has 0 unspecified atom stereocenters. The molecule has 0 bridgehead atoms. The van der Waals surface area contributed by atoms with Gasteiger partial charge in [-0.1, -0.05) is 19.9 Å². The summed E-state index contributed by atoms with van der Waals surface area (Å²) >= 11 is 0. The third-order valence-corrected chi connectivity index (χ3v) is 5.05. The molecule has 2 aliphatic carbocycles. The largest absolute Gasteiger partial charge is 0.370 e. The Labute approximate surface area is 121 Å². The lowest BCUT2D eigenvalue weighted by molar-refractivity contribution is 0.371. The van der Waals surface area contributed by atoms with Crippen molar-refractivity contribution < 1.29 is 0 Å². The quantitative estimate of drug-likeness (QED) is 0.652. The van der Waals surface area contributed by atoms with Crippen LogP contribution in [0.5, 0.6) is 0 Å². The van der Waals surface area contributed by atoms with E-state index in [0.29, 0.717) is 17.3 Å². The summed E-state index contributed by atoms with van der Waals surface area (Å²) in [6, 6.07) is 6.55. The van der Waals surface area contributed by atoms with Crippen LogP contribution in [0, 0.1) is 11.3 Å². The molecule has 1 saturated carbocycles. The molecule has 3 nitrogen and oxygen atoms in total. The average Bonchev–Trinajstić information content (AvgIpc) is 3.08. The van der Waals surface area contributed by atoms with Gasteiger partial charge in [-0.3, -0.25) is 4.99 Å². The Morgan fingerprint density at radius 2 is 2.05 bits per heavy atom. The summed E-state index contributed by atoms with van der Waals surface area (Å²) in [5.41, 5.74) is 10.5. The Morgan fingerprint density at radius 1 is 1.30 bits per heavy atom. The van der Waals surface area contributed by atoms with Crippen molar-refractivity contribution >= 4 is 11.6 Å². The number of guanidine groups is 1. The van der Waals surface area contributed by atoms with Gasteiger partial charge in [-0.25, -0.2) is 0 Å². The van der Waals surface area contributed by atoms with Gasteiger partial charge in [0, 0.05) is 12.2 Å².